The molecule has 2 aromatic carbocycles. The Balaban J connectivity index is 2.06. The molecule has 3 rings (SSSR count). The maximum atomic E-state index is 13.8. The highest BCUT2D eigenvalue weighted by Crippen LogP contribution is 2.46. The Kier molecular flexibility index (Phi) is 9.63. The minimum atomic E-state index is -0.677. The minimum Gasteiger partial charge on any atom is -0.493 e. The summed E-state index contributed by atoms with van der Waals surface area (Å²) in [6.07, 6.45) is 0.828. The van der Waals surface area contributed by atoms with Gasteiger partial charge in [0.15, 0.2) is 23.0 Å². The molecule has 1 heterocycles. The van der Waals surface area contributed by atoms with E-state index in [4.69, 9.17) is 18.9 Å². The van der Waals surface area contributed by atoms with E-state index in [1.165, 1.54) is 14.2 Å². The fourth-order valence-corrected chi connectivity index (χ4v) is 4.95. The average molecular weight is 514 g/mol. The number of rotatable bonds is 12. The van der Waals surface area contributed by atoms with Crippen LogP contribution in [0.15, 0.2) is 30.3 Å². The first-order valence-electron chi connectivity index (χ1n) is 12.6. The van der Waals surface area contributed by atoms with Crippen molar-refractivity contribution in [2.45, 2.75) is 32.2 Å². The van der Waals surface area contributed by atoms with Crippen molar-refractivity contribution in [2.75, 3.05) is 61.7 Å². The molecule has 1 aliphatic heterocycles. The third-order valence-corrected chi connectivity index (χ3v) is 7.05. The summed E-state index contributed by atoms with van der Waals surface area (Å²) in [5.41, 5.74) is 1.78. The molecule has 9 heteroatoms. The number of carbonyl (C=O) groups excluding carboxylic acids is 2. The Bertz CT molecular complexity index is 1100. The van der Waals surface area contributed by atoms with Crippen molar-refractivity contribution in [2.24, 2.45) is 0 Å². The molecule has 0 fully saturated rings. The van der Waals surface area contributed by atoms with Crippen molar-refractivity contribution in [1.82, 2.24) is 15.1 Å². The molecule has 37 heavy (non-hydrogen) atoms. The van der Waals surface area contributed by atoms with E-state index in [2.05, 4.69) is 24.1 Å². The number of hydrogen-bond donors (Lipinski definition) is 1. The summed E-state index contributed by atoms with van der Waals surface area (Å²) < 4.78 is 21.9. The minimum absolute atomic E-state index is 0.160. The number of fused-ring (bicyclic) bond motifs is 1. The molecular formula is C28H39N3O6. The zero-order chi connectivity index (χ0) is 27.1. The molecule has 0 saturated carbocycles. The third kappa shape index (κ3) is 5.77. The molecule has 0 unspecified atom stereocenters. The summed E-state index contributed by atoms with van der Waals surface area (Å²) in [5, 5.41) is 3.12. The van der Waals surface area contributed by atoms with Crippen molar-refractivity contribution in [1.29, 1.82) is 0 Å². The Morgan fingerprint density at radius 3 is 2.11 bits per heavy atom. The van der Waals surface area contributed by atoms with Crippen molar-refractivity contribution in [3.8, 4) is 23.0 Å². The van der Waals surface area contributed by atoms with E-state index >= 15 is 0 Å². The number of benzene rings is 2. The number of likely N-dealkylation sites (N-methyl/N-ethyl adjacent to an activating group) is 1. The van der Waals surface area contributed by atoms with Crippen LogP contribution in [-0.4, -0.2) is 83.3 Å². The van der Waals surface area contributed by atoms with Crippen LogP contribution in [0, 0.1) is 0 Å². The summed E-state index contributed by atoms with van der Waals surface area (Å²) in [7, 11) is 7.90. The molecule has 202 valence electrons. The smallest absolute Gasteiger partial charge is 0.254 e. The van der Waals surface area contributed by atoms with Gasteiger partial charge in [0.2, 0.25) is 5.91 Å². The van der Waals surface area contributed by atoms with Gasteiger partial charge in [-0.1, -0.05) is 19.9 Å². The third-order valence-electron chi connectivity index (χ3n) is 7.05. The van der Waals surface area contributed by atoms with Crippen molar-refractivity contribution in [3.63, 3.8) is 0 Å². The van der Waals surface area contributed by atoms with Crippen LogP contribution in [0.3, 0.4) is 0 Å². The Morgan fingerprint density at radius 2 is 1.51 bits per heavy atom. The monoisotopic (exact) mass is 513 g/mol. The second kappa shape index (κ2) is 12.7. The van der Waals surface area contributed by atoms with E-state index in [0.717, 1.165) is 31.6 Å². The van der Waals surface area contributed by atoms with Gasteiger partial charge in [0, 0.05) is 19.2 Å². The van der Waals surface area contributed by atoms with Crippen molar-refractivity contribution >= 4 is 11.8 Å². The largest absolute Gasteiger partial charge is 0.493 e. The number of nitrogens with one attached hydrogen (secondary N) is 1. The lowest BCUT2D eigenvalue weighted by molar-refractivity contribution is -0.124. The second-order valence-corrected chi connectivity index (χ2v) is 8.92. The maximum Gasteiger partial charge on any atom is 0.254 e. The molecule has 0 radical (unpaired) electrons. The van der Waals surface area contributed by atoms with E-state index in [1.54, 1.807) is 44.4 Å². The van der Waals surface area contributed by atoms with Gasteiger partial charge in [0.05, 0.1) is 40.4 Å². The van der Waals surface area contributed by atoms with Crippen molar-refractivity contribution < 1.29 is 28.5 Å². The lowest BCUT2D eigenvalue weighted by Gasteiger charge is -2.40. The normalized spacial score (nSPS) is 16.9. The molecule has 2 atom stereocenters. The van der Waals surface area contributed by atoms with Gasteiger partial charge in [-0.3, -0.25) is 9.59 Å². The van der Waals surface area contributed by atoms with Gasteiger partial charge in [0.1, 0.15) is 0 Å². The summed E-state index contributed by atoms with van der Waals surface area (Å²) in [6, 6.07) is 8.30. The van der Waals surface area contributed by atoms with Gasteiger partial charge in [0.25, 0.3) is 5.91 Å². The summed E-state index contributed by atoms with van der Waals surface area (Å²) in [6.45, 7) is 7.63. The molecule has 0 spiro atoms. The predicted octanol–water partition coefficient (Wildman–Crippen LogP) is 3.48. The number of nitrogens with zero attached hydrogens (tertiary/aromatic N) is 2. The Hall–Kier alpha value is -3.46. The SMILES string of the molecule is CCN(CC)CCCNC(=O)[C@H]1c2cc(OC)c(OC)cc2C(=O)N(C)[C@H]1c1ccc(OC)c(OC)c1. The first kappa shape index (κ1) is 28.1. The van der Waals surface area contributed by atoms with Crippen LogP contribution < -0.4 is 24.3 Å². The maximum absolute atomic E-state index is 13.8. The van der Waals surface area contributed by atoms with Crippen LogP contribution in [0.25, 0.3) is 0 Å². The topological polar surface area (TPSA) is 89.6 Å². The highest BCUT2D eigenvalue weighted by Gasteiger charge is 2.43. The highest BCUT2D eigenvalue weighted by molar-refractivity contribution is 6.02. The second-order valence-electron chi connectivity index (χ2n) is 8.92. The summed E-state index contributed by atoms with van der Waals surface area (Å²) >= 11 is 0. The molecule has 2 aromatic rings. The molecule has 0 aromatic heterocycles. The Labute approximate surface area is 219 Å². The van der Waals surface area contributed by atoms with Gasteiger partial charge < -0.3 is 34.1 Å². The zero-order valence-electron chi connectivity index (χ0n) is 22.9. The van der Waals surface area contributed by atoms with Gasteiger partial charge in [-0.25, -0.2) is 0 Å². The lowest BCUT2D eigenvalue weighted by Crippen LogP contribution is -2.46. The molecule has 0 saturated heterocycles. The van der Waals surface area contributed by atoms with E-state index in [0.29, 0.717) is 40.7 Å². The van der Waals surface area contributed by atoms with Gasteiger partial charge in [-0.2, -0.15) is 0 Å². The molecule has 1 N–H and O–H groups in total. The molecular weight excluding hydrogens is 474 g/mol. The highest BCUT2D eigenvalue weighted by atomic mass is 16.5. The van der Waals surface area contributed by atoms with E-state index in [-0.39, 0.29) is 11.8 Å². The molecule has 0 aliphatic carbocycles. The first-order chi connectivity index (χ1) is 17.8. The average Bonchev–Trinajstić information content (AvgIpc) is 2.93. The Morgan fingerprint density at radius 1 is 0.919 bits per heavy atom. The zero-order valence-corrected chi connectivity index (χ0v) is 22.9. The number of carbonyl (C=O) groups is 2. The standard InChI is InChI=1S/C28H39N3O6/c1-8-31(9-2)14-10-13-29-27(32)25-19-16-23(36-6)24(37-7)17-20(19)28(33)30(3)26(25)18-11-12-21(34-4)22(15-18)35-5/h11-12,15-17,25-26H,8-10,13-14H2,1-7H3,(H,29,32)/t25-,26-/m0/s1. The molecule has 9 nitrogen and oxygen atoms in total. The predicted molar refractivity (Wildman–Crippen MR) is 142 cm³/mol. The first-order valence-corrected chi connectivity index (χ1v) is 12.6. The number of amides is 2. The van der Waals surface area contributed by atoms with Crippen LogP contribution in [-0.2, 0) is 4.79 Å². The number of ether oxygens (including phenoxy) is 4. The molecule has 1 aliphatic rings. The quantitative estimate of drug-likeness (QED) is 0.435. The van der Waals surface area contributed by atoms with Gasteiger partial charge in [-0.05, 0) is 61.4 Å². The molecule has 2 amide bonds. The fourth-order valence-electron chi connectivity index (χ4n) is 4.95. The van der Waals surface area contributed by atoms with E-state index < -0.39 is 12.0 Å². The van der Waals surface area contributed by atoms with Crippen LogP contribution >= 0.6 is 0 Å². The van der Waals surface area contributed by atoms with Crippen LogP contribution in [0.1, 0.15) is 53.7 Å². The van der Waals surface area contributed by atoms with Crippen LogP contribution in [0.5, 0.6) is 23.0 Å². The molecule has 0 bridgehead atoms. The van der Waals surface area contributed by atoms with Gasteiger partial charge in [-0.15, -0.1) is 0 Å². The number of methoxy groups -OCH3 is 4. The van der Waals surface area contributed by atoms with Gasteiger partial charge >= 0.3 is 0 Å². The fraction of sp³-hybridized carbons (Fsp3) is 0.500. The lowest BCUT2D eigenvalue weighted by atomic mass is 9.79. The summed E-state index contributed by atoms with van der Waals surface area (Å²) in [5.74, 6) is 0.949. The summed E-state index contributed by atoms with van der Waals surface area (Å²) in [4.78, 5) is 31.3. The van der Waals surface area contributed by atoms with Crippen LogP contribution in [0.2, 0.25) is 0 Å². The number of hydrogen-bond acceptors (Lipinski definition) is 7. The van der Waals surface area contributed by atoms with Crippen molar-refractivity contribution in [3.05, 3.63) is 47.0 Å². The van der Waals surface area contributed by atoms with Crippen LogP contribution in [0.4, 0.5) is 0 Å². The van der Waals surface area contributed by atoms with E-state index in [9.17, 15) is 9.59 Å². The van der Waals surface area contributed by atoms with E-state index in [1.807, 2.05) is 12.1 Å².